The average Bonchev–Trinajstić information content (AvgIpc) is 2.74. The first-order valence-electron chi connectivity index (χ1n) is 9.60. The van der Waals surface area contributed by atoms with Gasteiger partial charge in [-0.1, -0.05) is 24.3 Å². The van der Waals surface area contributed by atoms with Crippen LogP contribution < -0.4 is 10.6 Å². The highest BCUT2D eigenvalue weighted by Crippen LogP contribution is 2.31. The fourth-order valence-electron chi connectivity index (χ4n) is 2.95. The number of nitrogens with zero attached hydrogens (tertiary/aromatic N) is 1. The molecule has 0 fully saturated rings. The topological polar surface area (TPSA) is 71.1 Å². The predicted octanol–water partition coefficient (Wildman–Crippen LogP) is 5.31. The zero-order chi connectivity index (χ0) is 22.3. The summed E-state index contributed by atoms with van der Waals surface area (Å²) in [6.07, 6.45) is -1.36. The molecule has 0 aliphatic carbocycles. The Morgan fingerprint density at radius 2 is 1.68 bits per heavy atom. The van der Waals surface area contributed by atoms with Crippen molar-refractivity contribution in [3.05, 3.63) is 89.7 Å². The number of pyridine rings is 1. The van der Waals surface area contributed by atoms with E-state index in [1.165, 1.54) is 18.2 Å². The van der Waals surface area contributed by atoms with E-state index < -0.39 is 17.6 Å². The van der Waals surface area contributed by atoms with Gasteiger partial charge in [0.2, 0.25) is 5.91 Å². The third-order valence-electron chi connectivity index (χ3n) is 4.46. The summed E-state index contributed by atoms with van der Waals surface area (Å²) >= 11 is 0. The number of para-hydroxylation sites is 1. The molecule has 3 rings (SSSR count). The van der Waals surface area contributed by atoms with Crippen molar-refractivity contribution in [2.24, 2.45) is 0 Å². The smallest absolute Gasteiger partial charge is 0.325 e. The number of benzene rings is 2. The fourth-order valence-corrected chi connectivity index (χ4v) is 2.95. The normalized spacial score (nSPS) is 11.1. The molecule has 160 valence electrons. The lowest BCUT2D eigenvalue weighted by Crippen LogP contribution is -2.18. The van der Waals surface area contributed by atoms with Crippen LogP contribution in [0.15, 0.2) is 72.9 Å². The van der Waals surface area contributed by atoms with Crippen LogP contribution in [-0.2, 0) is 17.4 Å². The second kappa shape index (κ2) is 9.88. The Bertz CT molecular complexity index is 1050. The number of aryl methyl sites for hydroxylation is 1. The second-order valence-electron chi connectivity index (χ2n) is 6.80. The van der Waals surface area contributed by atoms with Gasteiger partial charge in [0.1, 0.15) is 0 Å². The van der Waals surface area contributed by atoms with E-state index in [0.717, 1.165) is 17.8 Å². The number of alkyl halides is 3. The van der Waals surface area contributed by atoms with Crippen LogP contribution in [0.25, 0.3) is 0 Å². The Labute approximate surface area is 177 Å². The van der Waals surface area contributed by atoms with E-state index in [2.05, 4.69) is 15.6 Å². The molecule has 2 amide bonds. The lowest BCUT2D eigenvalue weighted by molar-refractivity contribution is -0.137. The Morgan fingerprint density at radius 3 is 2.42 bits per heavy atom. The summed E-state index contributed by atoms with van der Waals surface area (Å²) in [7, 11) is 0. The molecule has 1 heterocycles. The molecule has 5 nitrogen and oxygen atoms in total. The number of nitrogens with one attached hydrogen (secondary N) is 2. The number of carbonyl (C=O) groups is 2. The molecule has 0 spiro atoms. The molecule has 0 aliphatic heterocycles. The highest BCUT2D eigenvalue weighted by atomic mass is 19.4. The van der Waals surface area contributed by atoms with Crippen molar-refractivity contribution in [2.45, 2.75) is 25.4 Å². The Morgan fingerprint density at radius 1 is 0.903 bits per heavy atom. The number of aromatic nitrogens is 1. The first-order valence-corrected chi connectivity index (χ1v) is 9.60. The number of rotatable bonds is 7. The molecule has 0 radical (unpaired) electrons. The van der Waals surface area contributed by atoms with Gasteiger partial charge in [-0.15, -0.1) is 0 Å². The minimum atomic E-state index is -4.51. The van der Waals surface area contributed by atoms with Gasteiger partial charge in [-0.3, -0.25) is 14.6 Å². The maximum absolute atomic E-state index is 12.9. The third-order valence-corrected chi connectivity index (χ3v) is 4.46. The monoisotopic (exact) mass is 427 g/mol. The van der Waals surface area contributed by atoms with Gasteiger partial charge in [-0.05, 0) is 55.3 Å². The summed E-state index contributed by atoms with van der Waals surface area (Å²) < 4.78 is 38.6. The largest absolute Gasteiger partial charge is 0.416 e. The number of hydrogen-bond acceptors (Lipinski definition) is 3. The van der Waals surface area contributed by atoms with Crippen LogP contribution in [-0.4, -0.2) is 16.8 Å². The van der Waals surface area contributed by atoms with Gasteiger partial charge in [0.05, 0.1) is 16.8 Å². The zero-order valence-electron chi connectivity index (χ0n) is 16.4. The summed E-state index contributed by atoms with van der Waals surface area (Å²) in [5.74, 6) is -0.890. The van der Waals surface area contributed by atoms with E-state index in [4.69, 9.17) is 0 Å². The maximum Gasteiger partial charge on any atom is 0.416 e. The summed E-state index contributed by atoms with van der Waals surface area (Å²) in [5.41, 5.74) is 0.472. The van der Waals surface area contributed by atoms with E-state index in [9.17, 15) is 22.8 Å². The molecule has 0 bridgehead atoms. The molecule has 0 saturated heterocycles. The SMILES string of the molecule is O=C(CCCc1ccccn1)Nc1ccccc1C(=O)Nc1cccc(C(F)(F)F)c1. The van der Waals surface area contributed by atoms with Crippen LogP contribution in [0.2, 0.25) is 0 Å². The lowest BCUT2D eigenvalue weighted by Gasteiger charge is -2.13. The van der Waals surface area contributed by atoms with Gasteiger partial charge in [-0.25, -0.2) is 0 Å². The van der Waals surface area contributed by atoms with Gasteiger partial charge in [0.15, 0.2) is 0 Å². The average molecular weight is 427 g/mol. The molecule has 31 heavy (non-hydrogen) atoms. The van der Waals surface area contributed by atoms with Crippen molar-refractivity contribution in [2.75, 3.05) is 10.6 Å². The molecule has 0 saturated carbocycles. The highest BCUT2D eigenvalue weighted by molar-refractivity contribution is 6.10. The van der Waals surface area contributed by atoms with Crippen molar-refractivity contribution >= 4 is 23.2 Å². The van der Waals surface area contributed by atoms with Crippen molar-refractivity contribution in [3.8, 4) is 0 Å². The first-order chi connectivity index (χ1) is 14.8. The Hall–Kier alpha value is -3.68. The van der Waals surface area contributed by atoms with E-state index in [1.807, 2.05) is 18.2 Å². The molecule has 0 atom stereocenters. The molecule has 1 aromatic heterocycles. The quantitative estimate of drug-likeness (QED) is 0.537. The number of halogens is 3. The number of hydrogen-bond donors (Lipinski definition) is 2. The van der Waals surface area contributed by atoms with Gasteiger partial charge in [-0.2, -0.15) is 13.2 Å². The van der Waals surface area contributed by atoms with Crippen LogP contribution in [0.5, 0.6) is 0 Å². The molecule has 8 heteroatoms. The summed E-state index contributed by atoms with van der Waals surface area (Å²) in [4.78, 5) is 29.1. The molecule has 0 aliphatic rings. The van der Waals surface area contributed by atoms with E-state index >= 15 is 0 Å². The van der Waals surface area contributed by atoms with Crippen LogP contribution in [0.4, 0.5) is 24.5 Å². The fraction of sp³-hybridized carbons (Fsp3) is 0.174. The summed E-state index contributed by atoms with van der Waals surface area (Å²) in [6, 6.07) is 16.3. The molecule has 3 aromatic rings. The predicted molar refractivity (Wildman–Crippen MR) is 112 cm³/mol. The van der Waals surface area contributed by atoms with Crippen LogP contribution in [0.3, 0.4) is 0 Å². The highest BCUT2D eigenvalue weighted by Gasteiger charge is 2.30. The Kier molecular flexibility index (Phi) is 7.02. The second-order valence-corrected chi connectivity index (χ2v) is 6.80. The van der Waals surface area contributed by atoms with Gasteiger partial charge < -0.3 is 10.6 Å². The van der Waals surface area contributed by atoms with Crippen molar-refractivity contribution in [1.29, 1.82) is 0 Å². The van der Waals surface area contributed by atoms with Crippen molar-refractivity contribution in [3.63, 3.8) is 0 Å². The zero-order valence-corrected chi connectivity index (χ0v) is 16.4. The van der Waals surface area contributed by atoms with E-state index in [0.29, 0.717) is 12.8 Å². The number of anilines is 2. The minimum Gasteiger partial charge on any atom is -0.325 e. The van der Waals surface area contributed by atoms with Gasteiger partial charge in [0, 0.05) is 24.0 Å². The van der Waals surface area contributed by atoms with Crippen LogP contribution in [0.1, 0.15) is 34.5 Å². The minimum absolute atomic E-state index is 0.0105. The van der Waals surface area contributed by atoms with Crippen LogP contribution >= 0.6 is 0 Å². The molecular formula is C23H20F3N3O2. The maximum atomic E-state index is 12.9. The standard InChI is InChI=1S/C23H20F3N3O2/c24-23(25,26)16-7-5-10-18(15-16)28-22(31)19-11-1-2-12-20(19)29-21(30)13-6-9-17-8-3-4-14-27-17/h1-5,7-8,10-12,14-15H,6,9,13H2,(H,28,31)(H,29,30). The third kappa shape index (κ3) is 6.40. The van der Waals surface area contributed by atoms with Crippen molar-refractivity contribution in [1.82, 2.24) is 4.98 Å². The van der Waals surface area contributed by atoms with Gasteiger partial charge in [0.25, 0.3) is 5.91 Å². The summed E-state index contributed by atoms with van der Waals surface area (Å²) in [6.45, 7) is 0. The van der Waals surface area contributed by atoms with E-state index in [1.54, 1.807) is 24.4 Å². The number of carbonyl (C=O) groups excluding carboxylic acids is 2. The molecule has 2 N–H and O–H groups in total. The lowest BCUT2D eigenvalue weighted by atomic mass is 10.1. The molecular weight excluding hydrogens is 407 g/mol. The first kappa shape index (κ1) is 22.0. The van der Waals surface area contributed by atoms with Crippen LogP contribution in [0, 0.1) is 0 Å². The number of amides is 2. The molecule has 0 unspecified atom stereocenters. The van der Waals surface area contributed by atoms with E-state index in [-0.39, 0.29) is 29.3 Å². The summed E-state index contributed by atoms with van der Waals surface area (Å²) in [5, 5.41) is 5.15. The Balaban J connectivity index is 1.63. The van der Waals surface area contributed by atoms with Gasteiger partial charge >= 0.3 is 6.18 Å². The molecule has 2 aromatic carbocycles. The van der Waals surface area contributed by atoms with Crippen molar-refractivity contribution < 1.29 is 22.8 Å².